The summed E-state index contributed by atoms with van der Waals surface area (Å²) in [6.07, 6.45) is 3.78. The Hall–Kier alpha value is -1.46. The lowest BCUT2D eigenvalue weighted by Crippen LogP contribution is -1.73. The maximum Gasteiger partial charge on any atom is 0.0426 e. The zero-order valence-corrected chi connectivity index (χ0v) is 11.5. The Balaban J connectivity index is 2.22. The lowest BCUT2D eigenvalue weighted by molar-refractivity contribution is 1.46. The first-order valence-corrected chi connectivity index (χ1v) is 6.34. The van der Waals surface area contributed by atoms with Crippen molar-refractivity contribution in [1.82, 2.24) is 0 Å². The standard InChI is InChI=1S/C16H12Cl2/c1-12-5-7-13(8-6-12)3-2-4-14-9-15(17)11-16(18)10-14/h3-11H,1H3. The van der Waals surface area contributed by atoms with E-state index < -0.39 is 0 Å². The number of aryl methyl sites for hydroxylation is 1. The molecule has 0 radical (unpaired) electrons. The van der Waals surface area contributed by atoms with Gasteiger partial charge in [-0.3, -0.25) is 0 Å². The van der Waals surface area contributed by atoms with Gasteiger partial charge < -0.3 is 0 Å². The molecule has 90 valence electrons. The molecule has 0 aromatic heterocycles. The number of benzene rings is 2. The summed E-state index contributed by atoms with van der Waals surface area (Å²) in [6, 6.07) is 13.7. The van der Waals surface area contributed by atoms with Gasteiger partial charge in [-0.1, -0.05) is 53.0 Å². The van der Waals surface area contributed by atoms with Crippen molar-refractivity contribution in [3.63, 3.8) is 0 Å². The molecule has 0 fully saturated rings. The zero-order chi connectivity index (χ0) is 13.0. The van der Waals surface area contributed by atoms with E-state index in [-0.39, 0.29) is 0 Å². The summed E-state index contributed by atoms with van der Waals surface area (Å²) < 4.78 is 0. The highest BCUT2D eigenvalue weighted by Gasteiger charge is 1.94. The van der Waals surface area contributed by atoms with Crippen LogP contribution in [0.5, 0.6) is 0 Å². The predicted octanol–water partition coefficient (Wildman–Crippen LogP) is 5.63. The van der Waals surface area contributed by atoms with Gasteiger partial charge in [-0.25, -0.2) is 0 Å². The van der Waals surface area contributed by atoms with E-state index in [2.05, 4.69) is 36.9 Å². The van der Waals surface area contributed by atoms with E-state index in [0.717, 1.165) is 11.1 Å². The van der Waals surface area contributed by atoms with E-state index in [4.69, 9.17) is 23.2 Å². The monoisotopic (exact) mass is 274 g/mol. The van der Waals surface area contributed by atoms with E-state index in [1.54, 1.807) is 6.07 Å². The molecule has 0 aliphatic rings. The minimum Gasteiger partial charge on any atom is -0.120 e. The van der Waals surface area contributed by atoms with E-state index >= 15 is 0 Å². The van der Waals surface area contributed by atoms with Crippen molar-refractivity contribution in [3.8, 4) is 0 Å². The normalized spacial score (nSPS) is 9.72. The van der Waals surface area contributed by atoms with Gasteiger partial charge in [0.05, 0.1) is 0 Å². The Kier molecular flexibility index (Phi) is 4.28. The third kappa shape index (κ3) is 3.78. The summed E-state index contributed by atoms with van der Waals surface area (Å²) in [6.45, 7) is 2.07. The first kappa shape index (κ1) is 13.0. The van der Waals surface area contributed by atoms with Crippen LogP contribution in [0.2, 0.25) is 10.0 Å². The minimum atomic E-state index is 0.630. The van der Waals surface area contributed by atoms with Crippen LogP contribution in [0.25, 0.3) is 12.2 Å². The van der Waals surface area contributed by atoms with E-state index in [9.17, 15) is 0 Å². The largest absolute Gasteiger partial charge is 0.120 e. The zero-order valence-electron chi connectivity index (χ0n) is 9.95. The molecule has 0 heterocycles. The van der Waals surface area contributed by atoms with Crippen LogP contribution in [0, 0.1) is 6.92 Å². The molecule has 0 aliphatic carbocycles. The second-order valence-corrected chi connectivity index (χ2v) is 4.94. The topological polar surface area (TPSA) is 0 Å². The Labute approximate surface area is 117 Å². The number of halogens is 2. The summed E-state index contributed by atoms with van der Waals surface area (Å²) >= 11 is 11.8. The Morgan fingerprint density at radius 1 is 0.833 bits per heavy atom. The molecule has 2 aromatic rings. The van der Waals surface area contributed by atoms with Crippen LogP contribution in [0.15, 0.2) is 48.2 Å². The van der Waals surface area contributed by atoms with Gasteiger partial charge in [0.1, 0.15) is 0 Å². The highest BCUT2D eigenvalue weighted by atomic mass is 35.5. The average Bonchev–Trinajstić information content (AvgIpc) is 2.30. The maximum absolute atomic E-state index is 5.92. The molecule has 0 unspecified atom stereocenters. The molecule has 2 rings (SSSR count). The molecule has 0 atom stereocenters. The summed E-state index contributed by atoms with van der Waals surface area (Å²) in [5, 5.41) is 1.26. The lowest BCUT2D eigenvalue weighted by Gasteiger charge is -1.95. The number of hydrogen-bond donors (Lipinski definition) is 0. The van der Waals surface area contributed by atoms with Crippen molar-refractivity contribution in [3.05, 3.63) is 74.9 Å². The highest BCUT2D eigenvalue weighted by Crippen LogP contribution is 2.19. The molecule has 0 bridgehead atoms. The van der Waals surface area contributed by atoms with E-state index in [1.165, 1.54) is 5.56 Å². The van der Waals surface area contributed by atoms with Gasteiger partial charge in [-0.2, -0.15) is 0 Å². The third-order valence-corrected chi connectivity index (χ3v) is 2.90. The number of rotatable bonds is 2. The van der Waals surface area contributed by atoms with Crippen molar-refractivity contribution >= 4 is 35.4 Å². The number of hydrogen-bond acceptors (Lipinski definition) is 0. The fourth-order valence-electron chi connectivity index (χ4n) is 1.56. The summed E-state index contributed by atoms with van der Waals surface area (Å²) in [7, 11) is 0. The van der Waals surface area contributed by atoms with Gasteiger partial charge in [0.15, 0.2) is 0 Å². The summed E-state index contributed by atoms with van der Waals surface area (Å²) in [4.78, 5) is 0. The average molecular weight is 275 g/mol. The maximum atomic E-state index is 5.92. The van der Waals surface area contributed by atoms with Crippen LogP contribution in [0.3, 0.4) is 0 Å². The molecule has 0 amide bonds. The molecule has 2 heteroatoms. The van der Waals surface area contributed by atoms with E-state index in [1.807, 2.05) is 24.3 Å². The second kappa shape index (κ2) is 5.93. The first-order valence-electron chi connectivity index (χ1n) is 5.59. The van der Waals surface area contributed by atoms with Crippen LogP contribution in [-0.2, 0) is 0 Å². The van der Waals surface area contributed by atoms with Crippen LogP contribution in [-0.4, -0.2) is 0 Å². The van der Waals surface area contributed by atoms with Crippen LogP contribution < -0.4 is 0 Å². The van der Waals surface area contributed by atoms with Crippen molar-refractivity contribution in [1.29, 1.82) is 0 Å². The Morgan fingerprint density at radius 3 is 2.00 bits per heavy atom. The Bertz CT molecular complexity index is 583. The van der Waals surface area contributed by atoms with Crippen LogP contribution in [0.4, 0.5) is 0 Å². The van der Waals surface area contributed by atoms with Crippen molar-refractivity contribution in [2.75, 3.05) is 0 Å². The first-order chi connectivity index (χ1) is 8.63. The van der Waals surface area contributed by atoms with Gasteiger partial charge in [-0.05, 0) is 48.4 Å². The summed E-state index contributed by atoms with van der Waals surface area (Å²) in [5.41, 5.74) is 6.43. The van der Waals surface area contributed by atoms with Crippen molar-refractivity contribution in [2.45, 2.75) is 6.92 Å². The quantitative estimate of drug-likeness (QED) is 0.623. The molecular formula is C16H12Cl2. The molecule has 0 nitrogen and oxygen atoms in total. The molecule has 0 aliphatic heterocycles. The molecule has 2 aromatic carbocycles. The third-order valence-electron chi connectivity index (χ3n) is 2.46. The Morgan fingerprint density at radius 2 is 1.39 bits per heavy atom. The predicted molar refractivity (Wildman–Crippen MR) is 80.1 cm³/mol. The summed E-state index contributed by atoms with van der Waals surface area (Å²) in [5.74, 6) is 0. The van der Waals surface area contributed by atoms with E-state index in [0.29, 0.717) is 10.0 Å². The SMILES string of the molecule is Cc1ccc(C=C=Cc2cc(Cl)cc(Cl)c2)cc1. The lowest BCUT2D eigenvalue weighted by atomic mass is 10.1. The van der Waals surface area contributed by atoms with Crippen molar-refractivity contribution in [2.24, 2.45) is 0 Å². The highest BCUT2D eigenvalue weighted by molar-refractivity contribution is 6.34. The molecule has 0 saturated carbocycles. The molecule has 0 N–H and O–H groups in total. The van der Waals surface area contributed by atoms with Crippen LogP contribution >= 0.6 is 23.2 Å². The van der Waals surface area contributed by atoms with Gasteiger partial charge >= 0.3 is 0 Å². The fraction of sp³-hybridized carbons (Fsp3) is 0.0625. The molecule has 18 heavy (non-hydrogen) atoms. The van der Waals surface area contributed by atoms with Gasteiger partial charge in [0, 0.05) is 10.0 Å². The molecule has 0 saturated heterocycles. The van der Waals surface area contributed by atoms with Crippen molar-refractivity contribution < 1.29 is 0 Å². The molecule has 0 spiro atoms. The van der Waals surface area contributed by atoms with Gasteiger partial charge in [0.2, 0.25) is 0 Å². The fourth-order valence-corrected chi connectivity index (χ4v) is 2.10. The second-order valence-electron chi connectivity index (χ2n) is 4.07. The van der Waals surface area contributed by atoms with Crippen LogP contribution in [0.1, 0.15) is 16.7 Å². The minimum absolute atomic E-state index is 0.630. The smallest absolute Gasteiger partial charge is 0.0426 e. The van der Waals surface area contributed by atoms with Gasteiger partial charge in [-0.15, -0.1) is 5.73 Å². The molecular weight excluding hydrogens is 263 g/mol. The van der Waals surface area contributed by atoms with Gasteiger partial charge in [0.25, 0.3) is 0 Å².